The highest BCUT2D eigenvalue weighted by Crippen LogP contribution is 2.28. The quantitative estimate of drug-likeness (QED) is 0.134. The number of benzene rings is 1. The van der Waals surface area contributed by atoms with E-state index >= 15 is 0 Å². The first-order valence-corrected chi connectivity index (χ1v) is 13.9. The van der Waals surface area contributed by atoms with Crippen molar-refractivity contribution in [2.75, 3.05) is 6.61 Å². The predicted octanol–water partition coefficient (Wildman–Crippen LogP) is 8.78. The number of alkyl halides is 3. The second-order valence-electron chi connectivity index (χ2n) is 9.36. The number of unbranched alkanes of at least 4 members (excludes halogenated alkanes) is 1. The summed E-state index contributed by atoms with van der Waals surface area (Å²) in [4.78, 5) is 15.4. The summed E-state index contributed by atoms with van der Waals surface area (Å²) in [6, 6.07) is 5.31. The molecule has 40 heavy (non-hydrogen) atoms. The average molecular weight is 565 g/mol. The highest BCUT2D eigenvalue weighted by molar-refractivity contribution is 6.04. The van der Waals surface area contributed by atoms with Crippen LogP contribution in [0.2, 0.25) is 0 Å². The third-order valence-corrected chi connectivity index (χ3v) is 6.25. The lowest BCUT2D eigenvalue weighted by Crippen LogP contribution is -2.19. The van der Waals surface area contributed by atoms with Crippen LogP contribution in [0.4, 0.5) is 18.9 Å². The largest absolute Gasteiger partial charge is 0.573 e. The molecule has 0 bridgehead atoms. The molecule has 8 heteroatoms. The van der Waals surface area contributed by atoms with Gasteiger partial charge in [-0.3, -0.25) is 9.79 Å². The summed E-state index contributed by atoms with van der Waals surface area (Å²) in [6.45, 7) is 13.6. The number of hydrogen-bond donors (Lipinski definition) is 2. The van der Waals surface area contributed by atoms with Gasteiger partial charge in [0, 0.05) is 22.9 Å². The van der Waals surface area contributed by atoms with Gasteiger partial charge in [0.2, 0.25) is 0 Å². The first-order valence-electron chi connectivity index (χ1n) is 13.9. The van der Waals surface area contributed by atoms with Crippen molar-refractivity contribution in [2.45, 2.75) is 86.9 Å². The number of aliphatic hydroxyl groups is 1. The van der Waals surface area contributed by atoms with Crippen molar-refractivity contribution >= 4 is 17.2 Å². The van der Waals surface area contributed by atoms with Gasteiger partial charge in [0.1, 0.15) is 5.75 Å². The maximum Gasteiger partial charge on any atom is 0.573 e. The van der Waals surface area contributed by atoms with Crippen molar-refractivity contribution in [1.29, 1.82) is 0 Å². The van der Waals surface area contributed by atoms with E-state index in [4.69, 9.17) is 5.73 Å². The number of aliphatic imine (C=N–C) groups is 1. The summed E-state index contributed by atoms with van der Waals surface area (Å²) < 4.78 is 41.0. The molecule has 224 valence electrons. The Kier molecular flexibility index (Phi) is 18.3. The number of carbonyl (C=O) groups excluding carboxylic acids is 1. The van der Waals surface area contributed by atoms with Gasteiger partial charge in [0.15, 0.2) is 5.78 Å². The Morgan fingerprint density at radius 3 is 2.15 bits per heavy atom. The van der Waals surface area contributed by atoms with Gasteiger partial charge in [0.25, 0.3) is 0 Å². The van der Waals surface area contributed by atoms with Gasteiger partial charge in [-0.15, -0.1) is 13.2 Å². The monoisotopic (exact) mass is 564 g/mol. The lowest BCUT2D eigenvalue weighted by atomic mass is 9.90. The summed E-state index contributed by atoms with van der Waals surface area (Å²) in [7, 11) is 0. The molecule has 0 amide bonds. The van der Waals surface area contributed by atoms with Crippen LogP contribution in [0, 0.1) is 11.8 Å². The van der Waals surface area contributed by atoms with Crippen molar-refractivity contribution in [3.63, 3.8) is 0 Å². The van der Waals surface area contributed by atoms with E-state index < -0.39 is 6.36 Å². The maximum absolute atomic E-state index is 12.4. The first-order chi connectivity index (χ1) is 18.9. The van der Waals surface area contributed by atoms with Crippen LogP contribution in [0.1, 0.15) is 80.6 Å². The predicted molar refractivity (Wildman–Crippen MR) is 160 cm³/mol. The van der Waals surface area contributed by atoms with E-state index in [1.54, 1.807) is 19.1 Å². The molecular formula is C32H47F3N2O3. The molecule has 0 aliphatic heterocycles. The minimum Gasteiger partial charge on any atom is -0.406 e. The molecule has 3 N–H and O–H groups in total. The summed E-state index contributed by atoms with van der Waals surface area (Å²) >= 11 is 0. The number of hydrogen-bond acceptors (Lipinski definition) is 5. The lowest BCUT2D eigenvalue weighted by Gasteiger charge is -2.20. The van der Waals surface area contributed by atoms with Gasteiger partial charge in [-0.2, -0.15) is 0 Å². The van der Waals surface area contributed by atoms with Crippen molar-refractivity contribution < 1.29 is 27.8 Å². The van der Waals surface area contributed by atoms with Gasteiger partial charge in [-0.25, -0.2) is 0 Å². The van der Waals surface area contributed by atoms with E-state index in [1.165, 1.54) is 24.3 Å². The Balaban J connectivity index is 0.00000144. The fraction of sp³-hybridized carbons (Fsp3) is 0.500. The molecular weight excluding hydrogens is 517 g/mol. The van der Waals surface area contributed by atoms with E-state index in [0.29, 0.717) is 28.2 Å². The zero-order valence-corrected chi connectivity index (χ0v) is 25.0. The summed E-state index contributed by atoms with van der Waals surface area (Å²) in [5.41, 5.74) is 9.52. The van der Waals surface area contributed by atoms with Crippen molar-refractivity contribution in [3.05, 3.63) is 71.5 Å². The van der Waals surface area contributed by atoms with E-state index in [0.717, 1.165) is 32.1 Å². The highest BCUT2D eigenvalue weighted by atomic mass is 19.4. The molecule has 0 heterocycles. The Labute approximate surface area is 238 Å². The van der Waals surface area contributed by atoms with Crippen LogP contribution in [0.15, 0.2) is 76.5 Å². The van der Waals surface area contributed by atoms with Gasteiger partial charge >= 0.3 is 6.36 Å². The average Bonchev–Trinajstić information content (AvgIpc) is 2.91. The molecule has 1 aromatic rings. The van der Waals surface area contributed by atoms with Crippen LogP contribution in [-0.4, -0.2) is 29.6 Å². The Bertz CT molecular complexity index is 1030. The zero-order chi connectivity index (χ0) is 30.7. The van der Waals surface area contributed by atoms with Crippen LogP contribution in [0.5, 0.6) is 5.75 Å². The minimum absolute atomic E-state index is 0.122. The van der Waals surface area contributed by atoms with E-state index in [-0.39, 0.29) is 30.0 Å². The molecule has 0 saturated carbocycles. The fourth-order valence-corrected chi connectivity index (χ4v) is 3.72. The fourth-order valence-electron chi connectivity index (χ4n) is 3.72. The Hall–Kier alpha value is -3.13. The number of ether oxygens (including phenoxy) is 1. The molecule has 0 spiro atoms. The molecule has 0 saturated heterocycles. The lowest BCUT2D eigenvalue weighted by molar-refractivity contribution is -0.274. The standard InChI is InChI=1S/C24H33F3N2O2.C8H14O/c1-5-8-9-10-11-19(16-30)22(23(28)18(6-2)7-3)17(4)29-20-12-14-21(15-13-20)31-24(25,26)27;1-4-6-8(9)7(3)5-2/h9-15,18,30H,5-8,16,28H2,1-4H3;4,6-7H,5H2,1-3H3/b10-9+,19-11-,23-22+,29-17?;6-4+. The Morgan fingerprint density at radius 2 is 1.70 bits per heavy atom. The van der Waals surface area contributed by atoms with Crippen LogP contribution in [0.3, 0.4) is 0 Å². The molecule has 1 unspecified atom stereocenters. The number of nitrogens with zero attached hydrogens (tertiary/aromatic N) is 1. The van der Waals surface area contributed by atoms with E-state index in [2.05, 4.69) is 16.7 Å². The summed E-state index contributed by atoms with van der Waals surface area (Å²) in [5.74, 6) is 0.242. The molecule has 1 rings (SSSR count). The molecule has 0 aliphatic carbocycles. The van der Waals surface area contributed by atoms with E-state index in [1.807, 2.05) is 52.8 Å². The molecule has 5 nitrogen and oxygen atoms in total. The van der Waals surface area contributed by atoms with Crippen LogP contribution in [0.25, 0.3) is 0 Å². The molecule has 0 fully saturated rings. The number of halogens is 3. The smallest absolute Gasteiger partial charge is 0.406 e. The SMILES string of the molecule is C/C=C/C(=O)C(C)CC.CCC/C=C/C=C(CO)\C(C(C)=Nc1ccc(OC(F)(F)F)cc1)=C(\N)C(CC)CC. The number of carbonyl (C=O) groups is 1. The van der Waals surface area contributed by atoms with Gasteiger partial charge < -0.3 is 15.6 Å². The second kappa shape index (κ2) is 19.9. The molecule has 1 atom stereocenters. The van der Waals surface area contributed by atoms with Crippen LogP contribution in [-0.2, 0) is 4.79 Å². The van der Waals surface area contributed by atoms with Gasteiger partial charge in [0.05, 0.1) is 12.3 Å². The topological polar surface area (TPSA) is 84.9 Å². The minimum atomic E-state index is -4.74. The normalized spacial score (nSPS) is 14.3. The zero-order valence-electron chi connectivity index (χ0n) is 25.0. The van der Waals surface area contributed by atoms with Crippen molar-refractivity contribution in [2.24, 2.45) is 22.6 Å². The van der Waals surface area contributed by atoms with Crippen molar-refractivity contribution in [1.82, 2.24) is 0 Å². The third-order valence-electron chi connectivity index (χ3n) is 6.25. The van der Waals surface area contributed by atoms with Gasteiger partial charge in [-0.05, 0) is 81.4 Å². The Morgan fingerprint density at radius 1 is 1.10 bits per heavy atom. The van der Waals surface area contributed by atoms with E-state index in [9.17, 15) is 23.1 Å². The van der Waals surface area contributed by atoms with Crippen LogP contribution >= 0.6 is 0 Å². The molecule has 0 radical (unpaired) electrons. The summed E-state index contributed by atoms with van der Waals surface area (Å²) in [6.07, 6.45) is 8.98. The molecule has 1 aromatic carbocycles. The first kappa shape index (κ1) is 36.9. The summed E-state index contributed by atoms with van der Waals surface area (Å²) in [5, 5.41) is 10.0. The second-order valence-corrected chi connectivity index (χ2v) is 9.36. The highest BCUT2D eigenvalue weighted by Gasteiger charge is 2.31. The number of allylic oxidation sites excluding steroid dienone is 6. The molecule has 0 aliphatic rings. The third kappa shape index (κ3) is 14.3. The number of rotatable bonds is 14. The van der Waals surface area contributed by atoms with Gasteiger partial charge in [-0.1, -0.05) is 65.3 Å². The van der Waals surface area contributed by atoms with Crippen LogP contribution < -0.4 is 10.5 Å². The number of ketones is 1. The molecule has 0 aromatic heterocycles. The number of nitrogens with two attached hydrogens (primary N) is 1. The van der Waals surface area contributed by atoms with Crippen molar-refractivity contribution in [3.8, 4) is 5.75 Å². The maximum atomic E-state index is 12.4. The number of aliphatic hydroxyl groups excluding tert-OH is 1.